The Morgan fingerprint density at radius 3 is 3.25 bits per heavy atom. The molecular formula is C13H15ClN2. The van der Waals surface area contributed by atoms with Gasteiger partial charge in [0.25, 0.3) is 0 Å². The molecule has 0 bridgehead atoms. The summed E-state index contributed by atoms with van der Waals surface area (Å²) >= 11 is 6.16. The molecule has 1 aliphatic rings. The smallest absolute Gasteiger partial charge is 0.156 e. The van der Waals surface area contributed by atoms with E-state index >= 15 is 0 Å². The molecule has 0 saturated heterocycles. The lowest BCUT2D eigenvalue weighted by atomic mass is 9.88. The zero-order valence-electron chi connectivity index (χ0n) is 9.41. The summed E-state index contributed by atoms with van der Waals surface area (Å²) in [6.45, 7) is 2.26. The molecule has 84 valence electrons. The lowest BCUT2D eigenvalue weighted by Crippen LogP contribution is -2.14. The fourth-order valence-electron chi connectivity index (χ4n) is 2.62. The summed E-state index contributed by atoms with van der Waals surface area (Å²) in [6.07, 6.45) is 6.85. The van der Waals surface area contributed by atoms with Crippen molar-refractivity contribution in [3.63, 3.8) is 0 Å². The maximum absolute atomic E-state index is 6.16. The zero-order valence-corrected chi connectivity index (χ0v) is 10.2. The monoisotopic (exact) mass is 234 g/mol. The third-order valence-corrected chi connectivity index (χ3v) is 3.93. The molecule has 16 heavy (non-hydrogen) atoms. The van der Waals surface area contributed by atoms with E-state index in [0.717, 1.165) is 29.4 Å². The van der Waals surface area contributed by atoms with Crippen molar-refractivity contribution in [1.82, 2.24) is 9.38 Å². The fraction of sp³-hybridized carbons (Fsp3) is 0.462. The van der Waals surface area contributed by atoms with E-state index in [1.807, 2.05) is 12.1 Å². The summed E-state index contributed by atoms with van der Waals surface area (Å²) in [5.41, 5.74) is 3.54. The molecule has 0 amide bonds. The maximum atomic E-state index is 6.16. The summed E-state index contributed by atoms with van der Waals surface area (Å²) < 4.78 is 2.16. The molecule has 1 unspecified atom stereocenters. The Labute approximate surface area is 100 Å². The van der Waals surface area contributed by atoms with Gasteiger partial charge in [0.05, 0.1) is 10.7 Å². The molecular weight excluding hydrogens is 220 g/mol. The first-order valence-electron chi connectivity index (χ1n) is 5.94. The molecule has 0 aromatic carbocycles. The van der Waals surface area contributed by atoms with Gasteiger partial charge in [0.15, 0.2) is 5.65 Å². The molecule has 0 aliphatic heterocycles. The predicted octanol–water partition coefficient (Wildman–Crippen LogP) is 3.50. The highest BCUT2D eigenvalue weighted by atomic mass is 35.5. The number of hydrogen-bond acceptors (Lipinski definition) is 1. The van der Waals surface area contributed by atoms with E-state index in [-0.39, 0.29) is 0 Å². The summed E-state index contributed by atoms with van der Waals surface area (Å²) in [4.78, 5) is 4.68. The van der Waals surface area contributed by atoms with Crippen LogP contribution in [0.15, 0.2) is 18.3 Å². The van der Waals surface area contributed by atoms with Crippen LogP contribution in [0.5, 0.6) is 0 Å². The number of imidazole rings is 1. The average Bonchev–Trinajstić information content (AvgIpc) is 2.68. The molecule has 2 heterocycles. The van der Waals surface area contributed by atoms with Gasteiger partial charge < -0.3 is 4.40 Å². The summed E-state index contributed by atoms with van der Waals surface area (Å²) in [7, 11) is 0. The van der Waals surface area contributed by atoms with Crippen molar-refractivity contribution in [3.05, 3.63) is 34.7 Å². The summed E-state index contributed by atoms with van der Waals surface area (Å²) in [5.74, 6) is 0.802. The van der Waals surface area contributed by atoms with Crippen LogP contribution in [0.3, 0.4) is 0 Å². The van der Waals surface area contributed by atoms with E-state index in [9.17, 15) is 0 Å². The third-order valence-electron chi connectivity index (χ3n) is 3.63. The van der Waals surface area contributed by atoms with Crippen molar-refractivity contribution in [2.24, 2.45) is 5.92 Å². The van der Waals surface area contributed by atoms with Crippen molar-refractivity contribution < 1.29 is 0 Å². The number of halogens is 1. The Morgan fingerprint density at radius 2 is 2.44 bits per heavy atom. The van der Waals surface area contributed by atoms with Crippen LogP contribution in [0.1, 0.15) is 31.2 Å². The van der Waals surface area contributed by atoms with Gasteiger partial charge in [0.1, 0.15) is 0 Å². The molecule has 1 aliphatic carbocycles. The Hall–Kier alpha value is -1.02. The summed E-state index contributed by atoms with van der Waals surface area (Å²) in [5, 5.41) is 0.755. The average molecular weight is 235 g/mol. The van der Waals surface area contributed by atoms with Gasteiger partial charge in [-0.05, 0) is 37.3 Å². The van der Waals surface area contributed by atoms with E-state index in [1.165, 1.54) is 24.2 Å². The van der Waals surface area contributed by atoms with Crippen LogP contribution in [-0.4, -0.2) is 9.38 Å². The van der Waals surface area contributed by atoms with Crippen LogP contribution >= 0.6 is 11.6 Å². The molecule has 0 radical (unpaired) electrons. The number of aryl methyl sites for hydroxylation is 1. The minimum atomic E-state index is 0.755. The molecule has 1 atom stereocenters. The van der Waals surface area contributed by atoms with Gasteiger partial charge in [-0.3, -0.25) is 0 Å². The van der Waals surface area contributed by atoms with E-state index < -0.39 is 0 Å². The van der Waals surface area contributed by atoms with Crippen LogP contribution in [0.25, 0.3) is 5.65 Å². The molecule has 2 aromatic rings. The van der Waals surface area contributed by atoms with Gasteiger partial charge >= 0.3 is 0 Å². The quantitative estimate of drug-likeness (QED) is 0.738. The Morgan fingerprint density at radius 1 is 1.56 bits per heavy atom. The molecule has 0 N–H and O–H groups in total. The van der Waals surface area contributed by atoms with Crippen LogP contribution in [0, 0.1) is 5.92 Å². The fourth-order valence-corrected chi connectivity index (χ4v) is 2.83. The highest BCUT2D eigenvalue weighted by molar-refractivity contribution is 6.33. The van der Waals surface area contributed by atoms with Crippen molar-refractivity contribution in [2.75, 3.05) is 0 Å². The van der Waals surface area contributed by atoms with Gasteiger partial charge in [-0.2, -0.15) is 0 Å². The second-order valence-corrected chi connectivity index (χ2v) is 4.98. The number of fused-ring (bicyclic) bond motifs is 3. The molecule has 3 rings (SSSR count). The van der Waals surface area contributed by atoms with Crippen molar-refractivity contribution in [1.29, 1.82) is 0 Å². The van der Waals surface area contributed by atoms with E-state index in [0.29, 0.717) is 0 Å². The minimum absolute atomic E-state index is 0.755. The second kappa shape index (κ2) is 3.77. The normalized spacial score (nSPS) is 20.0. The Kier molecular flexibility index (Phi) is 2.40. The first-order chi connectivity index (χ1) is 7.79. The standard InChI is InChI=1S/C13H15ClN2/c1-2-9-5-6-12-11(8-9)15-13-10(14)4-3-7-16(12)13/h3-4,7,9H,2,5-6,8H2,1H3. The van der Waals surface area contributed by atoms with Gasteiger partial charge in [0.2, 0.25) is 0 Å². The maximum Gasteiger partial charge on any atom is 0.156 e. The molecule has 2 nitrogen and oxygen atoms in total. The summed E-state index contributed by atoms with van der Waals surface area (Å²) in [6, 6.07) is 3.90. The van der Waals surface area contributed by atoms with E-state index in [2.05, 4.69) is 22.5 Å². The van der Waals surface area contributed by atoms with Gasteiger partial charge in [0, 0.05) is 11.9 Å². The van der Waals surface area contributed by atoms with Gasteiger partial charge in [-0.1, -0.05) is 24.9 Å². The van der Waals surface area contributed by atoms with E-state index in [4.69, 9.17) is 11.6 Å². The van der Waals surface area contributed by atoms with Gasteiger partial charge in [-0.25, -0.2) is 4.98 Å². The lowest BCUT2D eigenvalue weighted by molar-refractivity contribution is 0.436. The molecule has 0 fully saturated rings. The van der Waals surface area contributed by atoms with Crippen molar-refractivity contribution in [3.8, 4) is 0 Å². The minimum Gasteiger partial charge on any atom is -0.303 e. The first kappa shape index (κ1) is 10.2. The van der Waals surface area contributed by atoms with Crippen molar-refractivity contribution in [2.45, 2.75) is 32.6 Å². The molecule has 0 spiro atoms. The Bertz CT molecular complexity index is 530. The Balaban J connectivity index is 2.16. The molecule has 3 heteroatoms. The zero-order chi connectivity index (χ0) is 11.1. The van der Waals surface area contributed by atoms with Crippen LogP contribution in [-0.2, 0) is 12.8 Å². The van der Waals surface area contributed by atoms with Crippen LogP contribution in [0.4, 0.5) is 0 Å². The number of nitrogens with zero attached hydrogens (tertiary/aromatic N) is 2. The lowest BCUT2D eigenvalue weighted by Gasteiger charge is -2.19. The SMILES string of the molecule is CCC1CCc2c(nc3c(Cl)cccn23)C1. The number of rotatable bonds is 1. The highest BCUT2D eigenvalue weighted by Crippen LogP contribution is 2.29. The molecule has 0 saturated carbocycles. The largest absolute Gasteiger partial charge is 0.303 e. The third kappa shape index (κ3) is 1.44. The van der Waals surface area contributed by atoms with E-state index in [1.54, 1.807) is 0 Å². The van der Waals surface area contributed by atoms with Crippen LogP contribution in [0.2, 0.25) is 5.02 Å². The van der Waals surface area contributed by atoms with Crippen LogP contribution < -0.4 is 0 Å². The van der Waals surface area contributed by atoms with Crippen molar-refractivity contribution >= 4 is 17.2 Å². The second-order valence-electron chi connectivity index (χ2n) is 4.57. The van der Waals surface area contributed by atoms with Gasteiger partial charge in [-0.15, -0.1) is 0 Å². The predicted molar refractivity (Wildman–Crippen MR) is 66.0 cm³/mol. The number of pyridine rings is 1. The molecule has 2 aromatic heterocycles. The number of hydrogen-bond donors (Lipinski definition) is 0. The highest BCUT2D eigenvalue weighted by Gasteiger charge is 2.22. The first-order valence-corrected chi connectivity index (χ1v) is 6.31. The number of aromatic nitrogens is 2. The topological polar surface area (TPSA) is 17.3 Å².